The second-order valence-electron chi connectivity index (χ2n) is 7.25. The van der Waals surface area contributed by atoms with Crippen LogP contribution in [0.4, 0.5) is 0 Å². The summed E-state index contributed by atoms with van der Waals surface area (Å²) in [5.41, 5.74) is 3.28. The Labute approximate surface area is 182 Å². The first-order valence-corrected chi connectivity index (χ1v) is 10.6. The number of nitrogens with zero attached hydrogens (tertiary/aromatic N) is 2. The lowest BCUT2D eigenvalue weighted by Crippen LogP contribution is -2.26. The minimum absolute atomic E-state index is 0.00981. The topological polar surface area (TPSA) is 71.9 Å². The predicted molar refractivity (Wildman–Crippen MR) is 121 cm³/mol. The summed E-state index contributed by atoms with van der Waals surface area (Å²) in [7, 11) is 0. The maximum Gasteiger partial charge on any atom is 0.221 e. The monoisotopic (exact) mass is 424 g/mol. The molecule has 3 aromatic rings. The SMILES string of the molecule is Cc1cccc(-c2n[nH]c(=S)n2CCC(=O)NCCCOC(C)c2ccccc2)c1. The van der Waals surface area contributed by atoms with Crippen LogP contribution >= 0.6 is 12.2 Å². The van der Waals surface area contributed by atoms with Crippen molar-refractivity contribution in [1.82, 2.24) is 20.1 Å². The first kappa shape index (κ1) is 21.9. The Hall–Kier alpha value is -2.77. The molecular weight excluding hydrogens is 396 g/mol. The molecule has 0 saturated carbocycles. The smallest absolute Gasteiger partial charge is 0.221 e. The van der Waals surface area contributed by atoms with Crippen molar-refractivity contribution in [3.8, 4) is 11.4 Å². The maximum absolute atomic E-state index is 12.2. The lowest BCUT2D eigenvalue weighted by Gasteiger charge is -2.13. The van der Waals surface area contributed by atoms with Gasteiger partial charge >= 0.3 is 0 Å². The summed E-state index contributed by atoms with van der Waals surface area (Å²) in [4.78, 5) is 12.2. The van der Waals surface area contributed by atoms with Gasteiger partial charge in [0.1, 0.15) is 0 Å². The van der Waals surface area contributed by atoms with Gasteiger partial charge < -0.3 is 10.1 Å². The fourth-order valence-electron chi connectivity index (χ4n) is 3.21. The molecule has 7 heteroatoms. The van der Waals surface area contributed by atoms with Crippen molar-refractivity contribution in [3.63, 3.8) is 0 Å². The summed E-state index contributed by atoms with van der Waals surface area (Å²) in [5, 5.41) is 10.1. The lowest BCUT2D eigenvalue weighted by atomic mass is 10.1. The van der Waals surface area contributed by atoms with Gasteiger partial charge in [-0.05, 0) is 44.1 Å². The van der Waals surface area contributed by atoms with E-state index in [-0.39, 0.29) is 12.0 Å². The summed E-state index contributed by atoms with van der Waals surface area (Å²) in [5.74, 6) is 0.740. The third kappa shape index (κ3) is 6.11. The maximum atomic E-state index is 12.2. The predicted octanol–water partition coefficient (Wildman–Crippen LogP) is 4.59. The van der Waals surface area contributed by atoms with E-state index in [9.17, 15) is 4.79 Å². The molecule has 1 amide bonds. The zero-order valence-electron chi connectivity index (χ0n) is 17.4. The lowest BCUT2D eigenvalue weighted by molar-refractivity contribution is -0.121. The van der Waals surface area contributed by atoms with E-state index in [1.807, 2.05) is 54.8 Å². The van der Waals surface area contributed by atoms with E-state index < -0.39 is 0 Å². The van der Waals surface area contributed by atoms with Gasteiger partial charge in [0.05, 0.1) is 6.10 Å². The summed E-state index contributed by atoms with van der Waals surface area (Å²) < 4.78 is 8.22. The Morgan fingerprint density at radius 2 is 2.03 bits per heavy atom. The number of rotatable bonds is 10. The number of ether oxygens (including phenoxy) is 1. The van der Waals surface area contributed by atoms with Gasteiger partial charge in [-0.3, -0.25) is 14.5 Å². The van der Waals surface area contributed by atoms with Crippen molar-refractivity contribution in [2.75, 3.05) is 13.2 Å². The number of amides is 1. The summed E-state index contributed by atoms with van der Waals surface area (Å²) in [6.07, 6.45) is 1.15. The fraction of sp³-hybridized carbons (Fsp3) is 0.348. The second-order valence-corrected chi connectivity index (χ2v) is 7.64. The van der Waals surface area contributed by atoms with Crippen LogP contribution in [0.1, 0.15) is 37.0 Å². The van der Waals surface area contributed by atoms with E-state index in [1.165, 1.54) is 0 Å². The molecule has 1 aromatic heterocycles. The van der Waals surface area contributed by atoms with Crippen LogP contribution in [0.2, 0.25) is 0 Å². The molecule has 0 spiro atoms. The summed E-state index contributed by atoms with van der Waals surface area (Å²) >= 11 is 5.34. The number of hydrogen-bond donors (Lipinski definition) is 2. The number of carbonyl (C=O) groups excluding carboxylic acids is 1. The van der Waals surface area contributed by atoms with Crippen LogP contribution < -0.4 is 5.32 Å². The molecule has 0 radical (unpaired) electrons. The molecule has 30 heavy (non-hydrogen) atoms. The second kappa shape index (κ2) is 10.8. The third-order valence-corrected chi connectivity index (χ3v) is 5.19. The van der Waals surface area contributed by atoms with Gasteiger partial charge in [-0.25, -0.2) is 0 Å². The Morgan fingerprint density at radius 3 is 2.80 bits per heavy atom. The number of aromatic nitrogens is 3. The molecule has 158 valence electrons. The van der Waals surface area contributed by atoms with Gasteiger partial charge in [0, 0.05) is 31.7 Å². The van der Waals surface area contributed by atoms with Crippen LogP contribution in [-0.2, 0) is 16.1 Å². The number of H-pyrrole nitrogens is 1. The minimum atomic E-state index is -0.00981. The standard InChI is InChI=1S/C23H28N4O2S/c1-17-8-6-11-20(16-17)22-25-26-23(30)27(22)14-12-21(28)24-13-7-15-29-18(2)19-9-4-3-5-10-19/h3-6,8-11,16,18H,7,12-15H2,1-2H3,(H,24,28)(H,26,30). The molecule has 6 nitrogen and oxygen atoms in total. The molecule has 0 aliphatic rings. The fourth-order valence-corrected chi connectivity index (χ4v) is 3.44. The molecule has 0 saturated heterocycles. The van der Waals surface area contributed by atoms with Crippen LogP contribution in [0.15, 0.2) is 54.6 Å². The average Bonchev–Trinajstić information content (AvgIpc) is 3.13. The molecular formula is C23H28N4O2S. The molecule has 2 N–H and O–H groups in total. The van der Waals surface area contributed by atoms with Gasteiger partial charge in [-0.15, -0.1) is 0 Å². The highest BCUT2D eigenvalue weighted by molar-refractivity contribution is 7.71. The van der Waals surface area contributed by atoms with Gasteiger partial charge in [0.2, 0.25) is 5.91 Å². The number of nitrogens with one attached hydrogen (secondary N) is 2. The number of aromatic amines is 1. The van der Waals surface area contributed by atoms with E-state index in [4.69, 9.17) is 17.0 Å². The van der Waals surface area contributed by atoms with Gasteiger partial charge in [0.25, 0.3) is 0 Å². The Bertz CT molecular complexity index is 1010. The van der Waals surface area contributed by atoms with Crippen molar-refractivity contribution >= 4 is 18.1 Å². The van der Waals surface area contributed by atoms with E-state index in [1.54, 1.807) is 0 Å². The Balaban J connectivity index is 1.41. The van der Waals surface area contributed by atoms with Crippen molar-refractivity contribution in [2.45, 2.75) is 39.3 Å². The number of aryl methyl sites for hydroxylation is 1. The van der Waals surface area contributed by atoms with E-state index in [0.29, 0.717) is 30.9 Å². The van der Waals surface area contributed by atoms with Crippen molar-refractivity contribution in [2.24, 2.45) is 0 Å². The Morgan fingerprint density at radius 1 is 1.23 bits per heavy atom. The van der Waals surface area contributed by atoms with Gasteiger partial charge in [-0.1, -0.05) is 54.1 Å². The first-order chi connectivity index (χ1) is 14.5. The summed E-state index contributed by atoms with van der Waals surface area (Å²) in [6.45, 7) is 5.73. The highest BCUT2D eigenvalue weighted by Gasteiger charge is 2.11. The molecule has 0 aliphatic heterocycles. The molecule has 1 atom stereocenters. The zero-order chi connectivity index (χ0) is 21.3. The van der Waals surface area contributed by atoms with Gasteiger partial charge in [-0.2, -0.15) is 5.10 Å². The first-order valence-electron chi connectivity index (χ1n) is 10.2. The van der Waals surface area contributed by atoms with Crippen LogP contribution in [0.5, 0.6) is 0 Å². The molecule has 1 unspecified atom stereocenters. The zero-order valence-corrected chi connectivity index (χ0v) is 18.2. The molecule has 2 aromatic carbocycles. The van der Waals surface area contributed by atoms with E-state index in [0.717, 1.165) is 28.9 Å². The average molecular weight is 425 g/mol. The van der Waals surface area contributed by atoms with Crippen molar-refractivity contribution in [3.05, 3.63) is 70.5 Å². The largest absolute Gasteiger partial charge is 0.374 e. The normalized spacial score (nSPS) is 11.9. The molecule has 0 bridgehead atoms. The third-order valence-electron chi connectivity index (χ3n) is 4.88. The van der Waals surface area contributed by atoms with Crippen molar-refractivity contribution in [1.29, 1.82) is 0 Å². The molecule has 3 rings (SSSR count). The molecule has 0 fully saturated rings. The van der Waals surface area contributed by atoms with E-state index >= 15 is 0 Å². The minimum Gasteiger partial charge on any atom is -0.374 e. The van der Waals surface area contributed by atoms with Gasteiger partial charge in [0.15, 0.2) is 10.6 Å². The number of benzene rings is 2. The number of hydrogen-bond acceptors (Lipinski definition) is 4. The van der Waals surface area contributed by atoms with Crippen LogP contribution in [0.3, 0.4) is 0 Å². The number of carbonyl (C=O) groups is 1. The highest BCUT2D eigenvalue weighted by Crippen LogP contribution is 2.19. The molecule has 1 heterocycles. The van der Waals surface area contributed by atoms with Crippen molar-refractivity contribution < 1.29 is 9.53 Å². The summed E-state index contributed by atoms with van der Waals surface area (Å²) in [6, 6.07) is 18.2. The quantitative estimate of drug-likeness (QED) is 0.369. The molecule has 0 aliphatic carbocycles. The van der Waals surface area contributed by atoms with Crippen LogP contribution in [-0.4, -0.2) is 33.8 Å². The van der Waals surface area contributed by atoms with Crippen LogP contribution in [0, 0.1) is 11.7 Å². The highest BCUT2D eigenvalue weighted by atomic mass is 32.1. The Kier molecular flexibility index (Phi) is 7.93. The van der Waals surface area contributed by atoms with Crippen LogP contribution in [0.25, 0.3) is 11.4 Å². The van der Waals surface area contributed by atoms with E-state index in [2.05, 4.69) is 33.7 Å².